The van der Waals surface area contributed by atoms with Gasteiger partial charge in [0.15, 0.2) is 23.8 Å². The maximum atomic E-state index is 13.8. The number of hydrogen-bond acceptors (Lipinski definition) is 5. The molecule has 1 aliphatic rings. The van der Waals surface area contributed by atoms with Gasteiger partial charge in [0.05, 0.1) is 5.92 Å². The predicted molar refractivity (Wildman–Crippen MR) is 99.0 cm³/mol. The van der Waals surface area contributed by atoms with Crippen LogP contribution in [0, 0.1) is 12.7 Å². The molecule has 0 unspecified atom stereocenters. The monoisotopic (exact) mass is 381 g/mol. The number of amides is 1. The third-order valence-electron chi connectivity index (χ3n) is 4.93. The Morgan fingerprint density at radius 2 is 2.04 bits per heavy atom. The van der Waals surface area contributed by atoms with Crippen molar-refractivity contribution in [3.8, 4) is 0 Å². The van der Waals surface area contributed by atoms with Gasteiger partial charge in [0, 0.05) is 22.2 Å². The summed E-state index contributed by atoms with van der Waals surface area (Å²) in [5.41, 5.74) is 2.16. The van der Waals surface area contributed by atoms with E-state index in [9.17, 15) is 18.8 Å². The van der Waals surface area contributed by atoms with Crippen molar-refractivity contribution in [2.24, 2.45) is 0 Å². The second-order valence-corrected chi connectivity index (χ2v) is 6.68. The normalized spacial score (nSPS) is 15.4. The van der Waals surface area contributed by atoms with Gasteiger partial charge in [-0.1, -0.05) is 12.1 Å². The Kier molecular flexibility index (Phi) is 4.22. The van der Waals surface area contributed by atoms with Crippen LogP contribution in [0.1, 0.15) is 44.9 Å². The van der Waals surface area contributed by atoms with Crippen molar-refractivity contribution in [3.05, 3.63) is 64.7 Å². The van der Waals surface area contributed by atoms with Crippen LogP contribution in [0.2, 0.25) is 0 Å². The Labute approximate surface area is 159 Å². The summed E-state index contributed by atoms with van der Waals surface area (Å²) in [6, 6.07) is 9.23. The lowest BCUT2D eigenvalue weighted by Crippen LogP contribution is -2.14. The van der Waals surface area contributed by atoms with Gasteiger partial charge in [-0.2, -0.15) is 0 Å². The maximum absolute atomic E-state index is 13.8. The van der Waals surface area contributed by atoms with Crippen molar-refractivity contribution in [3.63, 3.8) is 0 Å². The first kappa shape index (κ1) is 17.9. The molecule has 0 saturated heterocycles. The highest BCUT2D eigenvalue weighted by atomic mass is 19.1. The van der Waals surface area contributed by atoms with Crippen molar-refractivity contribution in [1.29, 1.82) is 0 Å². The molecule has 28 heavy (non-hydrogen) atoms. The van der Waals surface area contributed by atoms with E-state index in [1.165, 1.54) is 12.1 Å². The molecular formula is C21H16FNO5. The summed E-state index contributed by atoms with van der Waals surface area (Å²) in [5.74, 6) is -2.44. The largest absolute Gasteiger partial charge is 0.451 e. The molecule has 2 heterocycles. The Hall–Kier alpha value is -3.48. The molecule has 7 heteroatoms. The van der Waals surface area contributed by atoms with Crippen LogP contribution >= 0.6 is 0 Å². The van der Waals surface area contributed by atoms with Gasteiger partial charge >= 0.3 is 5.97 Å². The zero-order chi connectivity index (χ0) is 20.0. The molecule has 4 rings (SSSR count). The third kappa shape index (κ3) is 2.85. The van der Waals surface area contributed by atoms with E-state index in [1.807, 2.05) is 0 Å². The van der Waals surface area contributed by atoms with Gasteiger partial charge in [-0.15, -0.1) is 0 Å². The number of ketones is 1. The topological polar surface area (TPSA) is 85.6 Å². The van der Waals surface area contributed by atoms with Crippen LogP contribution in [0.5, 0.6) is 0 Å². The quantitative estimate of drug-likeness (QED) is 0.546. The van der Waals surface area contributed by atoms with Crippen LogP contribution in [0.4, 0.5) is 10.1 Å². The first-order chi connectivity index (χ1) is 13.4. The van der Waals surface area contributed by atoms with Gasteiger partial charge in [-0.3, -0.25) is 9.59 Å². The summed E-state index contributed by atoms with van der Waals surface area (Å²) >= 11 is 0. The summed E-state index contributed by atoms with van der Waals surface area (Å²) in [7, 11) is 0. The van der Waals surface area contributed by atoms with E-state index < -0.39 is 24.2 Å². The lowest BCUT2D eigenvalue weighted by atomic mass is 9.99. The Bertz CT molecular complexity index is 1150. The fourth-order valence-electron chi connectivity index (χ4n) is 3.27. The first-order valence-electron chi connectivity index (χ1n) is 8.69. The highest BCUT2D eigenvalue weighted by molar-refractivity contribution is 6.05. The van der Waals surface area contributed by atoms with Crippen molar-refractivity contribution >= 4 is 34.3 Å². The molecule has 0 fully saturated rings. The average Bonchev–Trinajstić information content (AvgIpc) is 3.17. The number of Topliss-reactive ketones (excluding diaryl/α,β-unsaturated/α-hetero) is 1. The number of halogens is 1. The molecule has 3 aromatic rings. The van der Waals surface area contributed by atoms with Gasteiger partial charge in [0.1, 0.15) is 0 Å². The fraction of sp³-hybridized carbons (Fsp3) is 0.190. The van der Waals surface area contributed by atoms with Gasteiger partial charge in [-0.05, 0) is 43.7 Å². The Morgan fingerprint density at radius 3 is 2.79 bits per heavy atom. The summed E-state index contributed by atoms with van der Waals surface area (Å²) in [4.78, 5) is 36.4. The molecule has 1 amide bonds. The minimum atomic E-state index is -0.840. The number of ether oxygens (including phenoxy) is 1. The SMILES string of the molecule is Cc1c(C(=O)OCC(=O)c2ccc3c(c2)[C@@H](C)C(=O)N3)oc2c(F)cccc12. The van der Waals surface area contributed by atoms with E-state index in [1.54, 1.807) is 38.1 Å². The predicted octanol–water partition coefficient (Wildman–Crippen LogP) is 3.98. The maximum Gasteiger partial charge on any atom is 0.375 e. The number of carbonyl (C=O) groups excluding carboxylic acids is 3. The fourth-order valence-corrected chi connectivity index (χ4v) is 3.27. The van der Waals surface area contributed by atoms with Crippen LogP contribution in [0.3, 0.4) is 0 Å². The van der Waals surface area contributed by atoms with E-state index in [0.29, 0.717) is 22.2 Å². The summed E-state index contributed by atoms with van der Waals surface area (Å²) in [6.07, 6.45) is 0. The molecule has 1 atom stereocenters. The van der Waals surface area contributed by atoms with Crippen molar-refractivity contribution in [2.75, 3.05) is 11.9 Å². The van der Waals surface area contributed by atoms with Gasteiger partial charge in [0.25, 0.3) is 0 Å². The standard InChI is InChI=1S/C21H16FNO5/c1-10-13-4-3-5-15(22)19(13)28-18(10)21(26)27-9-17(24)12-6-7-16-14(8-12)11(2)20(25)23-16/h3-8,11H,9H2,1-2H3,(H,23,25)/t11-/m1/s1. The number of furan rings is 1. The molecule has 0 aliphatic carbocycles. The van der Waals surface area contributed by atoms with E-state index in [0.717, 1.165) is 5.56 Å². The van der Waals surface area contributed by atoms with Gasteiger partial charge < -0.3 is 14.5 Å². The van der Waals surface area contributed by atoms with E-state index >= 15 is 0 Å². The molecule has 2 aromatic carbocycles. The zero-order valence-electron chi connectivity index (χ0n) is 15.2. The minimum Gasteiger partial charge on any atom is -0.451 e. The first-order valence-corrected chi connectivity index (χ1v) is 8.69. The van der Waals surface area contributed by atoms with Gasteiger partial charge in [-0.25, -0.2) is 9.18 Å². The van der Waals surface area contributed by atoms with E-state index in [-0.39, 0.29) is 23.2 Å². The van der Waals surface area contributed by atoms with Crippen molar-refractivity contribution in [2.45, 2.75) is 19.8 Å². The number of benzene rings is 2. The van der Waals surface area contributed by atoms with Crippen LogP contribution in [0.15, 0.2) is 40.8 Å². The van der Waals surface area contributed by atoms with Crippen LogP contribution in [-0.2, 0) is 9.53 Å². The minimum absolute atomic E-state index is 0.0250. The third-order valence-corrected chi connectivity index (χ3v) is 4.93. The summed E-state index contributed by atoms with van der Waals surface area (Å²) < 4.78 is 24.2. The van der Waals surface area contributed by atoms with Gasteiger partial charge in [0.2, 0.25) is 11.7 Å². The second kappa shape index (κ2) is 6.60. The highest BCUT2D eigenvalue weighted by Gasteiger charge is 2.27. The number of rotatable bonds is 4. The smallest absolute Gasteiger partial charge is 0.375 e. The number of fused-ring (bicyclic) bond motifs is 2. The zero-order valence-corrected chi connectivity index (χ0v) is 15.2. The molecule has 1 aromatic heterocycles. The number of para-hydroxylation sites is 1. The Morgan fingerprint density at radius 1 is 1.25 bits per heavy atom. The molecule has 6 nitrogen and oxygen atoms in total. The van der Waals surface area contributed by atoms with E-state index in [4.69, 9.17) is 9.15 Å². The molecule has 0 saturated carbocycles. The number of carbonyl (C=O) groups is 3. The van der Waals surface area contributed by atoms with Crippen LogP contribution < -0.4 is 5.32 Å². The molecule has 1 N–H and O–H groups in total. The number of hydrogen-bond donors (Lipinski definition) is 1. The van der Waals surface area contributed by atoms with Crippen molar-refractivity contribution < 1.29 is 27.9 Å². The number of aryl methyl sites for hydroxylation is 1. The molecule has 142 valence electrons. The second-order valence-electron chi connectivity index (χ2n) is 6.68. The summed E-state index contributed by atoms with van der Waals surface area (Å²) in [6.45, 7) is 2.88. The molecule has 0 bridgehead atoms. The number of esters is 1. The van der Waals surface area contributed by atoms with Crippen LogP contribution in [-0.4, -0.2) is 24.3 Å². The van der Waals surface area contributed by atoms with E-state index in [2.05, 4.69) is 5.32 Å². The molecular weight excluding hydrogens is 365 g/mol. The molecule has 1 aliphatic heterocycles. The Balaban J connectivity index is 1.50. The number of anilines is 1. The lowest BCUT2D eigenvalue weighted by Gasteiger charge is -2.06. The lowest BCUT2D eigenvalue weighted by molar-refractivity contribution is -0.116. The molecule has 0 radical (unpaired) electrons. The average molecular weight is 381 g/mol. The van der Waals surface area contributed by atoms with Crippen molar-refractivity contribution in [1.82, 2.24) is 0 Å². The van der Waals surface area contributed by atoms with Crippen LogP contribution in [0.25, 0.3) is 11.0 Å². The number of nitrogens with one attached hydrogen (secondary N) is 1. The highest BCUT2D eigenvalue weighted by Crippen LogP contribution is 2.33. The summed E-state index contributed by atoms with van der Waals surface area (Å²) in [5, 5.41) is 3.20. The molecule has 0 spiro atoms.